The molecule has 0 aromatic heterocycles. The van der Waals surface area contributed by atoms with E-state index in [-0.39, 0.29) is 28.6 Å². The second-order valence-electron chi connectivity index (χ2n) is 7.68. The van der Waals surface area contributed by atoms with Crippen LogP contribution in [0.5, 0.6) is 5.75 Å². The van der Waals surface area contributed by atoms with Gasteiger partial charge in [-0.1, -0.05) is 18.2 Å². The van der Waals surface area contributed by atoms with Crippen molar-refractivity contribution in [3.05, 3.63) is 102 Å². The van der Waals surface area contributed by atoms with Gasteiger partial charge in [0.1, 0.15) is 18.0 Å². The van der Waals surface area contributed by atoms with Crippen molar-refractivity contribution in [1.82, 2.24) is 0 Å². The Morgan fingerprint density at radius 2 is 1.68 bits per heavy atom. The van der Waals surface area contributed by atoms with Crippen molar-refractivity contribution in [3.8, 4) is 5.75 Å². The first-order valence-corrected chi connectivity index (χ1v) is 11.4. The van der Waals surface area contributed by atoms with Crippen LogP contribution in [0.4, 0.5) is 33.3 Å². The van der Waals surface area contributed by atoms with Crippen molar-refractivity contribution in [1.29, 1.82) is 0 Å². The van der Waals surface area contributed by atoms with Gasteiger partial charge in [0.05, 0.1) is 19.8 Å². The van der Waals surface area contributed by atoms with Gasteiger partial charge in [-0.05, 0) is 58.9 Å². The highest BCUT2D eigenvalue weighted by Crippen LogP contribution is 2.34. The van der Waals surface area contributed by atoms with E-state index in [4.69, 9.17) is 4.74 Å². The molecule has 0 atom stereocenters. The number of nitro groups is 1. The van der Waals surface area contributed by atoms with Crippen LogP contribution in [0.1, 0.15) is 18.1 Å². The van der Waals surface area contributed by atoms with E-state index in [0.717, 1.165) is 0 Å². The van der Waals surface area contributed by atoms with Gasteiger partial charge in [0.2, 0.25) is 5.82 Å². The number of benzene rings is 3. The third-order valence-electron chi connectivity index (χ3n) is 5.24. The Morgan fingerprint density at radius 1 is 1.03 bits per heavy atom. The molecular formula is C24H13F5IN3O4. The average molecular weight is 629 g/mol. The van der Waals surface area contributed by atoms with Crippen LogP contribution in [-0.2, 0) is 11.4 Å². The Labute approximate surface area is 219 Å². The molecule has 3 aromatic carbocycles. The average Bonchev–Trinajstić information content (AvgIpc) is 3.14. The molecule has 1 heterocycles. The molecule has 0 fully saturated rings. The van der Waals surface area contributed by atoms with Crippen LogP contribution in [0.2, 0.25) is 0 Å². The first-order chi connectivity index (χ1) is 17.5. The maximum atomic E-state index is 14.2. The largest absolute Gasteiger partial charge is 0.488 e. The van der Waals surface area contributed by atoms with E-state index in [1.54, 1.807) is 24.3 Å². The zero-order chi connectivity index (χ0) is 27.0. The number of nitrogens with zero attached hydrogens (tertiary/aromatic N) is 3. The van der Waals surface area contributed by atoms with E-state index in [1.807, 2.05) is 22.6 Å². The molecule has 0 spiro atoms. The SMILES string of the molecule is CC1=NN(c2c(F)c(F)c(F)c(F)c2F)C(=O)/C1=C/c1ccc(OCc2cccc([N+](=O)[O-])c2)c(I)c1. The van der Waals surface area contributed by atoms with E-state index >= 15 is 0 Å². The molecule has 0 radical (unpaired) electrons. The predicted octanol–water partition coefficient (Wildman–Crippen LogP) is 6.28. The summed E-state index contributed by atoms with van der Waals surface area (Å²) in [5.74, 6) is -11.7. The van der Waals surface area contributed by atoms with Gasteiger partial charge in [0, 0.05) is 12.1 Å². The molecule has 4 rings (SSSR count). The second kappa shape index (κ2) is 10.2. The van der Waals surface area contributed by atoms with Crippen LogP contribution >= 0.6 is 22.6 Å². The zero-order valence-corrected chi connectivity index (χ0v) is 20.7. The summed E-state index contributed by atoms with van der Waals surface area (Å²) >= 11 is 1.97. The highest BCUT2D eigenvalue weighted by Gasteiger charge is 2.37. The third-order valence-corrected chi connectivity index (χ3v) is 6.09. The lowest BCUT2D eigenvalue weighted by Gasteiger charge is -2.15. The Kier molecular flexibility index (Phi) is 7.25. The highest BCUT2D eigenvalue weighted by atomic mass is 127. The summed E-state index contributed by atoms with van der Waals surface area (Å²) < 4.78 is 75.4. The number of carbonyl (C=O) groups is 1. The molecule has 1 aliphatic rings. The van der Waals surface area contributed by atoms with E-state index < -0.39 is 45.6 Å². The number of rotatable bonds is 6. The summed E-state index contributed by atoms with van der Waals surface area (Å²) in [6.07, 6.45) is 1.35. The van der Waals surface area contributed by atoms with Crippen LogP contribution in [0.15, 0.2) is 53.1 Å². The lowest BCUT2D eigenvalue weighted by Crippen LogP contribution is -2.25. The van der Waals surface area contributed by atoms with Gasteiger partial charge in [0.15, 0.2) is 23.3 Å². The number of hydrazone groups is 1. The van der Waals surface area contributed by atoms with Crippen molar-refractivity contribution < 1.29 is 36.4 Å². The van der Waals surface area contributed by atoms with Crippen molar-refractivity contribution in [3.63, 3.8) is 0 Å². The van der Waals surface area contributed by atoms with Crippen LogP contribution < -0.4 is 9.75 Å². The number of hydrogen-bond acceptors (Lipinski definition) is 5. The molecular weight excluding hydrogens is 616 g/mol. The van der Waals surface area contributed by atoms with Crippen molar-refractivity contribution >= 4 is 51.7 Å². The van der Waals surface area contributed by atoms with Crippen LogP contribution in [0.25, 0.3) is 6.08 Å². The normalized spacial score (nSPS) is 14.4. The van der Waals surface area contributed by atoms with Crippen molar-refractivity contribution in [2.45, 2.75) is 13.5 Å². The van der Waals surface area contributed by atoms with Gasteiger partial charge in [-0.15, -0.1) is 0 Å². The number of anilines is 1. The monoisotopic (exact) mass is 629 g/mol. The topological polar surface area (TPSA) is 85.0 Å². The van der Waals surface area contributed by atoms with E-state index in [0.29, 0.717) is 20.4 Å². The van der Waals surface area contributed by atoms with Gasteiger partial charge in [0.25, 0.3) is 11.6 Å². The van der Waals surface area contributed by atoms with Crippen LogP contribution in [-0.4, -0.2) is 16.5 Å². The maximum Gasteiger partial charge on any atom is 0.280 e. The molecule has 1 amide bonds. The second-order valence-corrected chi connectivity index (χ2v) is 8.85. The van der Waals surface area contributed by atoms with Gasteiger partial charge in [-0.25, -0.2) is 22.0 Å². The minimum atomic E-state index is -2.34. The quantitative estimate of drug-likeness (QED) is 0.0612. The highest BCUT2D eigenvalue weighted by molar-refractivity contribution is 14.1. The molecule has 7 nitrogen and oxygen atoms in total. The molecule has 0 saturated heterocycles. The molecule has 37 heavy (non-hydrogen) atoms. The smallest absolute Gasteiger partial charge is 0.280 e. The van der Waals surface area contributed by atoms with Crippen LogP contribution in [0.3, 0.4) is 0 Å². The molecule has 0 bridgehead atoms. The number of nitro benzene ring substituents is 1. The molecule has 0 aliphatic carbocycles. The number of ether oxygens (including phenoxy) is 1. The molecule has 3 aromatic rings. The minimum absolute atomic E-state index is 0.00468. The van der Waals surface area contributed by atoms with E-state index in [1.165, 1.54) is 31.2 Å². The Hall–Kier alpha value is -3.88. The Bertz CT molecular complexity index is 1500. The number of carbonyl (C=O) groups excluding carboxylic acids is 1. The fourth-order valence-corrected chi connectivity index (χ4v) is 4.12. The van der Waals surface area contributed by atoms with E-state index in [9.17, 15) is 36.9 Å². The maximum absolute atomic E-state index is 14.2. The fourth-order valence-electron chi connectivity index (χ4n) is 3.43. The predicted molar refractivity (Wildman–Crippen MR) is 131 cm³/mol. The van der Waals surface area contributed by atoms with E-state index in [2.05, 4.69) is 5.10 Å². The number of amides is 1. The molecule has 0 N–H and O–H groups in total. The lowest BCUT2D eigenvalue weighted by molar-refractivity contribution is -0.384. The number of halogens is 6. The lowest BCUT2D eigenvalue weighted by atomic mass is 10.1. The zero-order valence-electron chi connectivity index (χ0n) is 18.6. The standard InChI is InChI=1S/C24H13F5IN3O4/c1-11-15(24(34)32(31-11)23-21(28)19(26)18(25)20(27)22(23)29)8-12-5-6-17(16(30)9-12)37-10-13-3-2-4-14(7-13)33(35)36/h2-9H,10H2,1H3/b15-8+. The third kappa shape index (κ3) is 5.03. The summed E-state index contributed by atoms with van der Waals surface area (Å²) in [6, 6.07) is 10.7. The molecule has 0 unspecified atom stereocenters. The summed E-state index contributed by atoms with van der Waals surface area (Å²) in [5.41, 5.74) is -0.628. The minimum Gasteiger partial charge on any atom is -0.488 e. The van der Waals surface area contributed by atoms with Gasteiger partial charge < -0.3 is 4.74 Å². The molecule has 1 aliphatic heterocycles. The number of non-ortho nitro benzene ring substituents is 1. The number of hydrogen-bond donors (Lipinski definition) is 0. The van der Waals surface area contributed by atoms with Gasteiger partial charge >= 0.3 is 0 Å². The van der Waals surface area contributed by atoms with Crippen LogP contribution in [0, 0.1) is 42.8 Å². The summed E-state index contributed by atoms with van der Waals surface area (Å²) in [7, 11) is 0. The molecule has 0 saturated carbocycles. The Morgan fingerprint density at radius 3 is 2.30 bits per heavy atom. The summed E-state index contributed by atoms with van der Waals surface area (Å²) in [5, 5.41) is 14.8. The van der Waals surface area contributed by atoms with Crippen molar-refractivity contribution in [2.75, 3.05) is 5.01 Å². The first-order valence-electron chi connectivity index (χ1n) is 10.3. The summed E-state index contributed by atoms with van der Waals surface area (Å²) in [4.78, 5) is 23.2. The molecule has 190 valence electrons. The first kappa shape index (κ1) is 26.2. The summed E-state index contributed by atoms with van der Waals surface area (Å²) in [6.45, 7) is 1.40. The van der Waals surface area contributed by atoms with Gasteiger partial charge in [-0.3, -0.25) is 14.9 Å². The van der Waals surface area contributed by atoms with Crippen molar-refractivity contribution in [2.24, 2.45) is 5.10 Å². The Balaban J connectivity index is 1.57. The molecule has 13 heteroatoms. The fraction of sp³-hybridized carbons (Fsp3) is 0.0833. The van der Waals surface area contributed by atoms with Gasteiger partial charge in [-0.2, -0.15) is 10.1 Å².